The summed E-state index contributed by atoms with van der Waals surface area (Å²) < 4.78 is 6.47. The summed E-state index contributed by atoms with van der Waals surface area (Å²) in [5.41, 5.74) is 1.47. The molecular weight excluding hydrogens is 412 g/mol. The minimum absolute atomic E-state index is 0.0724. The highest BCUT2D eigenvalue weighted by atomic mass is 32.1. The van der Waals surface area contributed by atoms with E-state index in [4.69, 9.17) is 4.74 Å². The Morgan fingerprint density at radius 2 is 2.03 bits per heavy atom. The second-order valence-corrected chi connectivity index (χ2v) is 9.77. The quantitative estimate of drug-likeness (QED) is 0.742. The van der Waals surface area contributed by atoms with E-state index < -0.39 is 0 Å². The molecule has 1 atom stereocenters. The molecule has 2 amide bonds. The molecule has 0 bridgehead atoms. The summed E-state index contributed by atoms with van der Waals surface area (Å²) in [5.74, 6) is 0.608. The maximum atomic E-state index is 12.9. The average molecular weight is 443 g/mol. The van der Waals surface area contributed by atoms with Crippen LogP contribution in [0.2, 0.25) is 0 Å². The van der Waals surface area contributed by atoms with Gasteiger partial charge in [0.2, 0.25) is 11.8 Å². The molecule has 0 aliphatic carbocycles. The molecule has 8 heteroatoms. The van der Waals surface area contributed by atoms with E-state index in [1.165, 1.54) is 11.3 Å². The van der Waals surface area contributed by atoms with Crippen molar-refractivity contribution in [3.8, 4) is 5.75 Å². The standard InChI is InChI=1S/C23H30N4O3S/c1-15(2)21(29)26-22-24-16(14-31-22)12-20(28)25-18-13-23(8-10-27(3)11-9-23)30-19-7-5-4-6-17(18)19/h4-7,14-15,18H,8-13H2,1-3H3,(H,25,28)(H,24,26,29). The maximum absolute atomic E-state index is 12.9. The molecule has 31 heavy (non-hydrogen) atoms. The van der Waals surface area contributed by atoms with Crippen LogP contribution in [0.25, 0.3) is 0 Å². The lowest BCUT2D eigenvalue weighted by Gasteiger charge is -2.46. The number of fused-ring (bicyclic) bond motifs is 1. The van der Waals surface area contributed by atoms with Gasteiger partial charge in [0.15, 0.2) is 5.13 Å². The lowest BCUT2D eigenvalue weighted by molar-refractivity contribution is -0.122. The van der Waals surface area contributed by atoms with Crippen molar-refractivity contribution < 1.29 is 14.3 Å². The van der Waals surface area contributed by atoms with Gasteiger partial charge >= 0.3 is 0 Å². The van der Waals surface area contributed by atoms with Crippen molar-refractivity contribution in [1.29, 1.82) is 0 Å². The van der Waals surface area contributed by atoms with E-state index >= 15 is 0 Å². The Morgan fingerprint density at radius 1 is 1.29 bits per heavy atom. The minimum atomic E-state index is -0.228. The van der Waals surface area contributed by atoms with Crippen LogP contribution < -0.4 is 15.4 Å². The zero-order valence-electron chi connectivity index (χ0n) is 18.3. The summed E-state index contributed by atoms with van der Waals surface area (Å²) in [7, 11) is 2.13. The summed E-state index contributed by atoms with van der Waals surface area (Å²) in [6, 6.07) is 7.91. The average Bonchev–Trinajstić information content (AvgIpc) is 3.17. The van der Waals surface area contributed by atoms with Gasteiger partial charge in [0.25, 0.3) is 0 Å². The number of anilines is 1. The minimum Gasteiger partial charge on any atom is -0.487 e. The maximum Gasteiger partial charge on any atom is 0.228 e. The number of rotatable bonds is 5. The highest BCUT2D eigenvalue weighted by Gasteiger charge is 2.43. The smallest absolute Gasteiger partial charge is 0.228 e. The summed E-state index contributed by atoms with van der Waals surface area (Å²) >= 11 is 1.34. The molecule has 2 N–H and O–H groups in total. The van der Waals surface area contributed by atoms with Crippen LogP contribution in [0, 0.1) is 5.92 Å². The first-order valence-corrected chi connectivity index (χ1v) is 11.7. The molecule has 0 radical (unpaired) electrons. The number of aromatic nitrogens is 1. The van der Waals surface area contributed by atoms with Crippen LogP contribution in [0.15, 0.2) is 29.6 Å². The number of thiazole rings is 1. The van der Waals surface area contributed by atoms with Gasteiger partial charge in [-0.05, 0) is 26.0 Å². The monoisotopic (exact) mass is 442 g/mol. The molecular formula is C23H30N4O3S. The molecule has 0 saturated carbocycles. The van der Waals surface area contributed by atoms with Gasteiger partial charge in [-0.15, -0.1) is 11.3 Å². The van der Waals surface area contributed by atoms with Crippen molar-refractivity contribution in [3.05, 3.63) is 40.9 Å². The first kappa shape index (κ1) is 21.8. The number of nitrogens with zero attached hydrogens (tertiary/aromatic N) is 2. The van der Waals surface area contributed by atoms with Crippen LogP contribution in [-0.2, 0) is 16.0 Å². The Bertz CT molecular complexity index is 950. The largest absolute Gasteiger partial charge is 0.487 e. The lowest BCUT2D eigenvalue weighted by atomic mass is 9.80. The Kier molecular flexibility index (Phi) is 6.29. The molecule has 1 spiro atoms. The molecule has 166 valence electrons. The van der Waals surface area contributed by atoms with Crippen molar-refractivity contribution in [2.45, 2.75) is 51.2 Å². The number of benzene rings is 1. The number of carbonyl (C=O) groups is 2. The van der Waals surface area contributed by atoms with Crippen LogP contribution >= 0.6 is 11.3 Å². The first-order chi connectivity index (χ1) is 14.8. The summed E-state index contributed by atoms with van der Waals surface area (Å²) in [5, 5.41) is 8.36. The van der Waals surface area contributed by atoms with Crippen molar-refractivity contribution in [1.82, 2.24) is 15.2 Å². The second kappa shape index (κ2) is 8.96. The first-order valence-electron chi connectivity index (χ1n) is 10.8. The third-order valence-electron chi connectivity index (χ3n) is 6.08. The highest BCUT2D eigenvalue weighted by Crippen LogP contribution is 2.44. The van der Waals surface area contributed by atoms with Gasteiger partial charge in [0.05, 0.1) is 18.2 Å². The summed E-state index contributed by atoms with van der Waals surface area (Å²) in [4.78, 5) is 31.4. The number of amides is 2. The zero-order valence-corrected chi connectivity index (χ0v) is 19.1. The molecule has 1 unspecified atom stereocenters. The third kappa shape index (κ3) is 5.07. The van der Waals surface area contributed by atoms with E-state index in [9.17, 15) is 9.59 Å². The molecule has 4 rings (SSSR count). The fourth-order valence-corrected chi connectivity index (χ4v) is 4.90. The van der Waals surface area contributed by atoms with Crippen molar-refractivity contribution in [3.63, 3.8) is 0 Å². The van der Waals surface area contributed by atoms with E-state index in [1.54, 1.807) is 0 Å². The molecule has 1 saturated heterocycles. The predicted molar refractivity (Wildman–Crippen MR) is 121 cm³/mol. The van der Waals surface area contributed by atoms with Gasteiger partial charge in [0.1, 0.15) is 11.4 Å². The highest BCUT2D eigenvalue weighted by molar-refractivity contribution is 7.13. The molecule has 1 fully saturated rings. The number of hydrogen-bond acceptors (Lipinski definition) is 6. The normalized spacial score (nSPS) is 20.2. The van der Waals surface area contributed by atoms with E-state index in [1.807, 2.05) is 43.5 Å². The molecule has 1 aromatic heterocycles. The van der Waals surface area contributed by atoms with E-state index in [2.05, 4.69) is 27.6 Å². The van der Waals surface area contributed by atoms with Crippen molar-refractivity contribution in [2.24, 2.45) is 5.92 Å². The molecule has 1 aromatic carbocycles. The lowest BCUT2D eigenvalue weighted by Crippen LogP contribution is -2.51. The van der Waals surface area contributed by atoms with Gasteiger partial charge in [-0.2, -0.15) is 0 Å². The fourth-order valence-electron chi connectivity index (χ4n) is 4.18. The molecule has 3 heterocycles. The molecule has 2 aliphatic rings. The van der Waals surface area contributed by atoms with Crippen LogP contribution in [0.4, 0.5) is 5.13 Å². The Labute approximate surface area is 187 Å². The zero-order chi connectivity index (χ0) is 22.0. The van der Waals surface area contributed by atoms with Crippen LogP contribution in [-0.4, -0.2) is 47.4 Å². The number of para-hydroxylation sites is 1. The Balaban J connectivity index is 1.43. The Morgan fingerprint density at radius 3 is 2.77 bits per heavy atom. The predicted octanol–water partition coefficient (Wildman–Crippen LogP) is 3.38. The second-order valence-electron chi connectivity index (χ2n) is 8.92. The molecule has 7 nitrogen and oxygen atoms in total. The van der Waals surface area contributed by atoms with Crippen LogP contribution in [0.5, 0.6) is 5.75 Å². The van der Waals surface area contributed by atoms with Crippen LogP contribution in [0.1, 0.15) is 50.4 Å². The van der Waals surface area contributed by atoms with Gasteiger partial charge in [-0.1, -0.05) is 32.0 Å². The third-order valence-corrected chi connectivity index (χ3v) is 6.88. The van der Waals surface area contributed by atoms with Gasteiger partial charge in [-0.3, -0.25) is 9.59 Å². The van der Waals surface area contributed by atoms with E-state index in [0.717, 1.165) is 43.7 Å². The van der Waals surface area contributed by atoms with Gasteiger partial charge in [-0.25, -0.2) is 4.98 Å². The number of carbonyl (C=O) groups excluding carboxylic acids is 2. The number of ether oxygens (including phenoxy) is 1. The summed E-state index contributed by atoms with van der Waals surface area (Å²) in [6.07, 6.45) is 2.87. The van der Waals surface area contributed by atoms with Crippen molar-refractivity contribution in [2.75, 3.05) is 25.5 Å². The SMILES string of the molecule is CC(C)C(=O)Nc1nc(CC(=O)NC2CC3(CCN(C)CC3)Oc3ccccc32)cs1. The number of piperidine rings is 1. The number of nitrogens with one attached hydrogen (secondary N) is 2. The number of hydrogen-bond donors (Lipinski definition) is 2. The molecule has 2 aliphatic heterocycles. The molecule has 2 aromatic rings. The van der Waals surface area contributed by atoms with Crippen molar-refractivity contribution >= 4 is 28.3 Å². The number of likely N-dealkylation sites (tertiary alicyclic amines) is 1. The fraction of sp³-hybridized carbons (Fsp3) is 0.522. The van der Waals surface area contributed by atoms with Gasteiger partial charge in [0, 0.05) is 36.4 Å². The Hall–Kier alpha value is -2.45. The topological polar surface area (TPSA) is 83.6 Å². The summed E-state index contributed by atoms with van der Waals surface area (Å²) in [6.45, 7) is 5.65. The van der Waals surface area contributed by atoms with E-state index in [-0.39, 0.29) is 35.8 Å². The van der Waals surface area contributed by atoms with Crippen LogP contribution in [0.3, 0.4) is 0 Å². The van der Waals surface area contributed by atoms with E-state index in [0.29, 0.717) is 10.8 Å². The van der Waals surface area contributed by atoms with Gasteiger partial charge < -0.3 is 20.3 Å².